The lowest BCUT2D eigenvalue weighted by atomic mass is 10.1. The van der Waals surface area contributed by atoms with Crippen molar-refractivity contribution in [3.63, 3.8) is 0 Å². The summed E-state index contributed by atoms with van der Waals surface area (Å²) in [4.78, 5) is 44.9. The standard InChI is InChI=1S/C23H32N6O4S.C3H9NO2.H3O4P/c1-6-8-18-20-21(28(5)27-18)23(30)26-22(25-20)17-11-16(9-10-19(17)33-7-2)34(31,32)29-12-14(3)24-15(4)13-29;4-1-3(6)2-5;1-5(2,3)4/h9-11,14-15,24H,6-8,12-13H2,1-5H3,(H,25,26,30);3,5-6H,1-2,4H2;(H3,1,2,3,4)/p-2/t14-,15+;;. The van der Waals surface area contributed by atoms with E-state index < -0.39 is 23.9 Å². The molecular formula is C26H42N7O10PS-2. The summed E-state index contributed by atoms with van der Waals surface area (Å²) in [7, 11) is -7.18. The quantitative estimate of drug-likeness (QED) is 0.136. The monoisotopic (exact) mass is 675 g/mol. The Morgan fingerprint density at radius 1 is 1.22 bits per heavy atom. The molecule has 0 spiro atoms. The average molecular weight is 676 g/mol. The zero-order valence-electron chi connectivity index (χ0n) is 25.8. The van der Waals surface area contributed by atoms with E-state index in [9.17, 15) is 13.2 Å². The fourth-order valence-electron chi connectivity index (χ4n) is 4.61. The molecule has 0 amide bonds. The van der Waals surface area contributed by atoms with Crippen molar-refractivity contribution in [1.82, 2.24) is 29.4 Å². The summed E-state index contributed by atoms with van der Waals surface area (Å²) in [5, 5.41) is 24.1. The number of aromatic nitrogens is 4. The van der Waals surface area contributed by atoms with E-state index in [1.165, 1.54) is 15.1 Å². The van der Waals surface area contributed by atoms with E-state index in [1.807, 2.05) is 27.7 Å². The molecule has 254 valence electrons. The van der Waals surface area contributed by atoms with Crippen LogP contribution in [0.15, 0.2) is 27.9 Å². The Morgan fingerprint density at radius 2 is 1.82 bits per heavy atom. The maximum atomic E-state index is 13.5. The number of H-pyrrole nitrogens is 1. The number of piperazine rings is 1. The molecule has 2 aromatic heterocycles. The van der Waals surface area contributed by atoms with Crippen LogP contribution in [0, 0.1) is 0 Å². The zero-order chi connectivity index (χ0) is 34.1. The van der Waals surface area contributed by atoms with Crippen molar-refractivity contribution in [2.75, 3.05) is 32.8 Å². The Morgan fingerprint density at radius 3 is 2.31 bits per heavy atom. The summed E-state index contributed by atoms with van der Waals surface area (Å²) < 4.78 is 44.5. The number of phosphoric acid groups is 1. The second-order valence-corrected chi connectivity index (χ2v) is 13.2. The third-order valence-corrected chi connectivity index (χ3v) is 8.23. The first-order valence-electron chi connectivity index (χ1n) is 14.2. The molecule has 3 atom stereocenters. The van der Waals surface area contributed by atoms with Gasteiger partial charge >= 0.3 is 0 Å². The van der Waals surface area contributed by atoms with Gasteiger partial charge in [-0.25, -0.2) is 13.4 Å². The van der Waals surface area contributed by atoms with Gasteiger partial charge in [-0.3, -0.25) is 9.48 Å². The number of sulfonamides is 1. The number of hydrogen-bond acceptors (Lipinski definition) is 13. The molecule has 1 unspecified atom stereocenters. The fourth-order valence-corrected chi connectivity index (χ4v) is 6.26. The molecule has 19 heteroatoms. The molecule has 4 rings (SSSR count). The van der Waals surface area contributed by atoms with Gasteiger partial charge in [0.2, 0.25) is 10.0 Å². The van der Waals surface area contributed by atoms with Gasteiger partial charge in [-0.2, -0.15) is 9.40 Å². The zero-order valence-corrected chi connectivity index (χ0v) is 27.5. The second-order valence-electron chi connectivity index (χ2n) is 10.4. The van der Waals surface area contributed by atoms with Crippen LogP contribution in [0.1, 0.15) is 39.8 Å². The highest BCUT2D eigenvalue weighted by Gasteiger charge is 2.32. The van der Waals surface area contributed by atoms with Gasteiger partial charge in [0, 0.05) is 38.8 Å². The molecule has 45 heavy (non-hydrogen) atoms. The molecule has 1 saturated heterocycles. The van der Waals surface area contributed by atoms with Crippen molar-refractivity contribution >= 4 is 28.9 Å². The number of aryl methyl sites for hydroxylation is 2. The van der Waals surface area contributed by atoms with Crippen LogP contribution in [-0.4, -0.2) is 98.6 Å². The van der Waals surface area contributed by atoms with E-state index in [0.717, 1.165) is 12.1 Å². The first-order chi connectivity index (χ1) is 21.0. The summed E-state index contributed by atoms with van der Waals surface area (Å²) in [6.07, 6.45) is 0.805. The van der Waals surface area contributed by atoms with Crippen LogP contribution in [-0.2, 0) is 28.1 Å². The first-order valence-corrected chi connectivity index (χ1v) is 17.1. The van der Waals surface area contributed by atoms with Crippen LogP contribution in [0.5, 0.6) is 5.75 Å². The minimum atomic E-state index is -5.14. The number of nitrogens with one attached hydrogen (secondary N) is 2. The molecule has 0 saturated carbocycles. The van der Waals surface area contributed by atoms with Crippen molar-refractivity contribution in [1.29, 1.82) is 0 Å². The van der Waals surface area contributed by atoms with E-state index in [-0.39, 0.29) is 41.5 Å². The number of rotatable bonds is 9. The topological polar surface area (TPSA) is 272 Å². The Bertz CT molecular complexity index is 1600. The summed E-state index contributed by atoms with van der Waals surface area (Å²) in [6.45, 7) is 8.85. The maximum absolute atomic E-state index is 13.5. The molecule has 0 aliphatic carbocycles. The van der Waals surface area contributed by atoms with E-state index in [1.54, 1.807) is 19.2 Å². The smallest absolute Gasteiger partial charge is 0.277 e. The first kappa shape index (κ1) is 38.4. The number of aromatic amines is 1. The predicted molar refractivity (Wildman–Crippen MR) is 163 cm³/mol. The molecule has 17 nitrogen and oxygen atoms in total. The number of aliphatic hydroxyl groups excluding tert-OH is 2. The van der Waals surface area contributed by atoms with E-state index in [2.05, 4.69) is 15.4 Å². The van der Waals surface area contributed by atoms with Crippen molar-refractivity contribution in [2.45, 2.75) is 63.6 Å². The lowest BCUT2D eigenvalue weighted by molar-refractivity contribution is -0.337. The van der Waals surface area contributed by atoms with Crippen LogP contribution < -0.4 is 31.1 Å². The number of aliphatic hydroxyl groups is 2. The molecule has 1 fully saturated rings. The van der Waals surface area contributed by atoms with Crippen molar-refractivity contribution in [3.05, 3.63) is 34.2 Å². The lowest BCUT2D eigenvalue weighted by Gasteiger charge is -2.35. The molecular weight excluding hydrogens is 633 g/mol. The van der Waals surface area contributed by atoms with Crippen LogP contribution in [0.4, 0.5) is 0 Å². The SMILES string of the molecule is CCCc1nn(C)c2c(=O)[nH]c(-c3cc(S(=O)(=O)N4C[C@@H](C)N[C@@H](C)C4)ccc3OCC)nc12.NCC(O)CO.O=P([O-])([O-])O. The van der Waals surface area contributed by atoms with Gasteiger partial charge < -0.3 is 50.2 Å². The van der Waals surface area contributed by atoms with Gasteiger partial charge in [0.25, 0.3) is 5.56 Å². The van der Waals surface area contributed by atoms with Gasteiger partial charge in [-0.15, -0.1) is 0 Å². The molecule has 0 radical (unpaired) electrons. The molecule has 1 aliphatic heterocycles. The average Bonchev–Trinajstić information content (AvgIpc) is 3.27. The number of fused-ring (bicyclic) bond motifs is 1. The van der Waals surface area contributed by atoms with Crippen LogP contribution in [0.25, 0.3) is 22.4 Å². The third-order valence-electron chi connectivity index (χ3n) is 6.40. The summed E-state index contributed by atoms with van der Waals surface area (Å²) in [6, 6.07) is 4.80. The number of ether oxygens (including phenoxy) is 1. The van der Waals surface area contributed by atoms with Gasteiger partial charge in [-0.1, -0.05) is 13.3 Å². The minimum Gasteiger partial charge on any atom is -0.790 e. The van der Waals surface area contributed by atoms with Gasteiger partial charge in [0.1, 0.15) is 17.1 Å². The second kappa shape index (κ2) is 16.7. The Kier molecular flexibility index (Phi) is 14.2. The highest BCUT2D eigenvalue weighted by atomic mass is 32.2. The van der Waals surface area contributed by atoms with Crippen LogP contribution in [0.3, 0.4) is 0 Å². The largest absolute Gasteiger partial charge is 0.790 e. The van der Waals surface area contributed by atoms with Gasteiger partial charge in [0.05, 0.1) is 43.3 Å². The van der Waals surface area contributed by atoms with Gasteiger partial charge in [0.15, 0.2) is 5.52 Å². The molecule has 1 aromatic carbocycles. The normalized spacial score (nSPS) is 18.0. The van der Waals surface area contributed by atoms with E-state index in [4.69, 9.17) is 44.9 Å². The van der Waals surface area contributed by atoms with Crippen LogP contribution >= 0.6 is 7.82 Å². The highest BCUT2D eigenvalue weighted by molar-refractivity contribution is 7.89. The minimum absolute atomic E-state index is 0.0451. The molecule has 0 bridgehead atoms. The predicted octanol–water partition coefficient (Wildman–Crippen LogP) is -1.85. The summed E-state index contributed by atoms with van der Waals surface area (Å²) in [5.41, 5.74) is 6.60. The molecule has 1 aliphatic rings. The summed E-state index contributed by atoms with van der Waals surface area (Å²) in [5.74, 6) is 0.706. The number of benzene rings is 1. The Hall–Kier alpha value is -2.77. The van der Waals surface area contributed by atoms with Crippen molar-refractivity contribution in [3.8, 4) is 17.1 Å². The van der Waals surface area contributed by atoms with E-state index in [0.29, 0.717) is 48.5 Å². The van der Waals surface area contributed by atoms with Crippen molar-refractivity contribution in [2.24, 2.45) is 12.8 Å². The van der Waals surface area contributed by atoms with Gasteiger partial charge in [-0.05, 0) is 45.4 Å². The molecule has 7 N–H and O–H groups in total. The lowest BCUT2D eigenvalue weighted by Crippen LogP contribution is -2.55. The third kappa shape index (κ3) is 10.9. The molecule has 3 aromatic rings. The Balaban J connectivity index is 0.000000551. The van der Waals surface area contributed by atoms with Crippen LogP contribution in [0.2, 0.25) is 0 Å². The highest BCUT2D eigenvalue weighted by Crippen LogP contribution is 2.32. The fraction of sp³-hybridized carbons (Fsp3) is 0.577. The van der Waals surface area contributed by atoms with E-state index >= 15 is 0 Å². The molecule has 3 heterocycles. The number of nitrogens with zero attached hydrogens (tertiary/aromatic N) is 4. The number of nitrogens with two attached hydrogens (primary N) is 1. The van der Waals surface area contributed by atoms with Crippen molar-refractivity contribution < 1.29 is 42.6 Å². The Labute approximate surface area is 261 Å². The number of hydrogen-bond donors (Lipinski definition) is 6. The summed E-state index contributed by atoms with van der Waals surface area (Å²) >= 11 is 0. The maximum Gasteiger partial charge on any atom is 0.277 e.